The molecule has 1 amide bonds. The summed E-state index contributed by atoms with van der Waals surface area (Å²) in [5, 5.41) is 2.79. The number of carbonyl (C=O) groups excluding carboxylic acids is 1. The third kappa shape index (κ3) is 6.04. The zero-order chi connectivity index (χ0) is 14.9. The van der Waals surface area contributed by atoms with Crippen molar-refractivity contribution in [3.63, 3.8) is 0 Å². The lowest BCUT2D eigenvalue weighted by Gasteiger charge is -2.21. The van der Waals surface area contributed by atoms with E-state index in [4.69, 9.17) is 15.2 Å². The number of ether oxygens (including phenoxy) is 2. The number of hydrogen-bond acceptors (Lipinski definition) is 4. The zero-order valence-electron chi connectivity index (χ0n) is 12.3. The number of nitrogens with one attached hydrogen (secondary N) is 1. The van der Waals surface area contributed by atoms with Gasteiger partial charge in [0.05, 0.1) is 12.7 Å². The predicted molar refractivity (Wildman–Crippen MR) is 82.2 cm³/mol. The lowest BCUT2D eigenvalue weighted by atomic mass is 9.98. The fourth-order valence-electron chi connectivity index (χ4n) is 2.41. The van der Waals surface area contributed by atoms with Crippen molar-refractivity contribution in [3.05, 3.63) is 24.3 Å². The third-order valence-electron chi connectivity index (χ3n) is 3.58. The molecule has 0 saturated heterocycles. The van der Waals surface area contributed by atoms with E-state index in [2.05, 4.69) is 5.32 Å². The van der Waals surface area contributed by atoms with Crippen molar-refractivity contribution in [2.45, 2.75) is 38.2 Å². The fraction of sp³-hybridized carbons (Fsp3) is 0.562. The quantitative estimate of drug-likeness (QED) is 0.596. The van der Waals surface area contributed by atoms with Crippen LogP contribution in [0.4, 0.5) is 5.69 Å². The van der Waals surface area contributed by atoms with Crippen LogP contribution in [0.3, 0.4) is 0 Å². The van der Waals surface area contributed by atoms with E-state index in [9.17, 15) is 4.79 Å². The Bertz CT molecular complexity index is 428. The molecule has 0 aromatic heterocycles. The molecule has 0 atom stereocenters. The Labute approximate surface area is 125 Å². The van der Waals surface area contributed by atoms with Crippen LogP contribution < -0.4 is 15.8 Å². The SMILES string of the molecule is Nc1ccc(OCC(=O)NCCOC2CCCCC2)cc1. The summed E-state index contributed by atoms with van der Waals surface area (Å²) in [5.41, 5.74) is 6.25. The summed E-state index contributed by atoms with van der Waals surface area (Å²) in [4.78, 5) is 11.6. The molecule has 0 aliphatic heterocycles. The highest BCUT2D eigenvalue weighted by Crippen LogP contribution is 2.19. The van der Waals surface area contributed by atoms with E-state index in [-0.39, 0.29) is 12.5 Å². The van der Waals surface area contributed by atoms with Gasteiger partial charge in [0.25, 0.3) is 5.91 Å². The van der Waals surface area contributed by atoms with Crippen LogP contribution in [0.1, 0.15) is 32.1 Å². The molecule has 1 aromatic rings. The number of nitrogens with two attached hydrogens (primary N) is 1. The lowest BCUT2D eigenvalue weighted by Crippen LogP contribution is -2.32. The van der Waals surface area contributed by atoms with E-state index in [0.29, 0.717) is 30.7 Å². The minimum Gasteiger partial charge on any atom is -0.484 e. The summed E-state index contributed by atoms with van der Waals surface area (Å²) in [6.45, 7) is 1.10. The highest BCUT2D eigenvalue weighted by atomic mass is 16.5. The maximum Gasteiger partial charge on any atom is 0.258 e. The van der Waals surface area contributed by atoms with Crippen LogP contribution in [-0.4, -0.2) is 31.8 Å². The van der Waals surface area contributed by atoms with Gasteiger partial charge in [0.1, 0.15) is 5.75 Å². The highest BCUT2D eigenvalue weighted by molar-refractivity contribution is 5.77. The van der Waals surface area contributed by atoms with Crippen LogP contribution in [0.15, 0.2) is 24.3 Å². The summed E-state index contributed by atoms with van der Waals surface area (Å²) < 4.78 is 11.1. The second-order valence-electron chi connectivity index (χ2n) is 5.34. The molecular weight excluding hydrogens is 268 g/mol. The molecule has 1 aliphatic rings. The highest BCUT2D eigenvalue weighted by Gasteiger charge is 2.13. The predicted octanol–water partition coefficient (Wildman–Crippen LogP) is 2.11. The van der Waals surface area contributed by atoms with Crippen LogP contribution in [0, 0.1) is 0 Å². The van der Waals surface area contributed by atoms with Crippen molar-refractivity contribution < 1.29 is 14.3 Å². The molecule has 0 radical (unpaired) electrons. The molecule has 116 valence electrons. The molecule has 2 rings (SSSR count). The van der Waals surface area contributed by atoms with Crippen LogP contribution >= 0.6 is 0 Å². The number of benzene rings is 1. The fourth-order valence-corrected chi connectivity index (χ4v) is 2.41. The average molecular weight is 292 g/mol. The van der Waals surface area contributed by atoms with Gasteiger partial charge in [0.2, 0.25) is 0 Å². The summed E-state index contributed by atoms with van der Waals surface area (Å²) in [7, 11) is 0. The molecule has 0 bridgehead atoms. The first-order valence-electron chi connectivity index (χ1n) is 7.60. The normalized spacial score (nSPS) is 15.6. The lowest BCUT2D eigenvalue weighted by molar-refractivity contribution is -0.123. The first-order chi connectivity index (χ1) is 10.2. The zero-order valence-corrected chi connectivity index (χ0v) is 12.3. The standard InChI is InChI=1S/C16H24N2O3/c17-13-6-8-15(9-7-13)21-12-16(19)18-10-11-20-14-4-2-1-3-5-14/h6-9,14H,1-5,10-12,17H2,(H,18,19). The molecule has 21 heavy (non-hydrogen) atoms. The van der Waals surface area contributed by atoms with Gasteiger partial charge in [-0.25, -0.2) is 0 Å². The first-order valence-corrected chi connectivity index (χ1v) is 7.60. The maximum atomic E-state index is 11.6. The van der Waals surface area contributed by atoms with Gasteiger partial charge < -0.3 is 20.5 Å². The number of nitrogen functional groups attached to an aromatic ring is 1. The molecule has 0 unspecified atom stereocenters. The van der Waals surface area contributed by atoms with Crippen molar-refractivity contribution in [3.8, 4) is 5.75 Å². The van der Waals surface area contributed by atoms with Gasteiger partial charge in [-0.2, -0.15) is 0 Å². The van der Waals surface area contributed by atoms with Crippen molar-refractivity contribution >= 4 is 11.6 Å². The number of carbonyl (C=O) groups is 1. The number of rotatable bonds is 7. The summed E-state index contributed by atoms with van der Waals surface area (Å²) in [6.07, 6.45) is 6.50. The van der Waals surface area contributed by atoms with Crippen LogP contribution in [0.5, 0.6) is 5.75 Å². The van der Waals surface area contributed by atoms with Gasteiger partial charge in [-0.05, 0) is 37.1 Å². The average Bonchev–Trinajstić information content (AvgIpc) is 2.52. The summed E-state index contributed by atoms with van der Waals surface area (Å²) in [5.74, 6) is 0.497. The van der Waals surface area contributed by atoms with E-state index in [1.165, 1.54) is 19.3 Å². The maximum absolute atomic E-state index is 11.6. The second kappa shape index (κ2) is 8.52. The molecule has 1 aromatic carbocycles. The van der Waals surface area contributed by atoms with E-state index in [0.717, 1.165) is 12.8 Å². The molecule has 1 aliphatic carbocycles. The van der Waals surface area contributed by atoms with Crippen LogP contribution in [0.25, 0.3) is 0 Å². The van der Waals surface area contributed by atoms with Gasteiger partial charge in [-0.1, -0.05) is 19.3 Å². The molecule has 0 heterocycles. The topological polar surface area (TPSA) is 73.6 Å². The van der Waals surface area contributed by atoms with Gasteiger partial charge in [-0.3, -0.25) is 4.79 Å². The Morgan fingerprint density at radius 2 is 1.90 bits per heavy atom. The third-order valence-corrected chi connectivity index (χ3v) is 3.58. The van der Waals surface area contributed by atoms with Crippen LogP contribution in [-0.2, 0) is 9.53 Å². The van der Waals surface area contributed by atoms with Crippen molar-refractivity contribution in [1.82, 2.24) is 5.32 Å². The Morgan fingerprint density at radius 1 is 1.19 bits per heavy atom. The van der Waals surface area contributed by atoms with Crippen LogP contribution in [0.2, 0.25) is 0 Å². The minimum atomic E-state index is -0.140. The monoisotopic (exact) mass is 292 g/mol. The summed E-state index contributed by atoms with van der Waals surface area (Å²) >= 11 is 0. The number of anilines is 1. The van der Waals surface area contributed by atoms with Gasteiger partial charge in [-0.15, -0.1) is 0 Å². The largest absolute Gasteiger partial charge is 0.484 e. The van der Waals surface area contributed by atoms with Gasteiger partial charge in [0, 0.05) is 12.2 Å². The van der Waals surface area contributed by atoms with E-state index >= 15 is 0 Å². The molecule has 0 spiro atoms. The van der Waals surface area contributed by atoms with E-state index < -0.39 is 0 Å². The Morgan fingerprint density at radius 3 is 2.62 bits per heavy atom. The van der Waals surface area contributed by atoms with Crippen molar-refractivity contribution in [1.29, 1.82) is 0 Å². The number of amides is 1. The molecular formula is C16H24N2O3. The van der Waals surface area contributed by atoms with Gasteiger partial charge in [0.15, 0.2) is 6.61 Å². The molecule has 5 nitrogen and oxygen atoms in total. The Kier molecular flexibility index (Phi) is 6.34. The smallest absolute Gasteiger partial charge is 0.258 e. The minimum absolute atomic E-state index is 0.00729. The summed E-state index contributed by atoms with van der Waals surface area (Å²) in [6, 6.07) is 6.97. The molecule has 5 heteroatoms. The van der Waals surface area contributed by atoms with Gasteiger partial charge >= 0.3 is 0 Å². The second-order valence-corrected chi connectivity index (χ2v) is 5.34. The van der Waals surface area contributed by atoms with E-state index in [1.54, 1.807) is 24.3 Å². The molecule has 1 fully saturated rings. The molecule has 3 N–H and O–H groups in total. The Hall–Kier alpha value is -1.75. The number of hydrogen-bond donors (Lipinski definition) is 2. The van der Waals surface area contributed by atoms with Crippen molar-refractivity contribution in [2.24, 2.45) is 0 Å². The molecule has 1 saturated carbocycles. The van der Waals surface area contributed by atoms with Crippen molar-refractivity contribution in [2.75, 3.05) is 25.5 Å². The Balaban J connectivity index is 1.54. The van der Waals surface area contributed by atoms with E-state index in [1.807, 2.05) is 0 Å². The first kappa shape index (κ1) is 15.6.